The predicted octanol–water partition coefficient (Wildman–Crippen LogP) is 3.21. The third-order valence-electron chi connectivity index (χ3n) is 2.91. The molecule has 1 aromatic heterocycles. The van der Waals surface area contributed by atoms with Crippen molar-refractivity contribution in [3.63, 3.8) is 0 Å². The molecule has 0 bridgehead atoms. The molecule has 0 saturated carbocycles. The number of rotatable bonds is 4. The van der Waals surface area contributed by atoms with Gasteiger partial charge in [-0.15, -0.1) is 11.3 Å². The molecule has 3 nitrogen and oxygen atoms in total. The molecule has 90 valence electrons. The summed E-state index contributed by atoms with van der Waals surface area (Å²) in [6.07, 6.45) is 1.93. The van der Waals surface area contributed by atoms with Gasteiger partial charge in [-0.1, -0.05) is 13.8 Å². The lowest BCUT2D eigenvalue weighted by atomic mass is 10.1. The van der Waals surface area contributed by atoms with Crippen molar-refractivity contribution >= 4 is 27.5 Å². The molecule has 0 unspecified atom stereocenters. The van der Waals surface area contributed by atoms with Crippen LogP contribution in [0, 0.1) is 0 Å². The maximum absolute atomic E-state index is 12.0. The number of hydrogen-bond acceptors (Lipinski definition) is 3. The second kappa shape index (κ2) is 5.27. The summed E-state index contributed by atoms with van der Waals surface area (Å²) >= 11 is 1.56. The highest BCUT2D eigenvalue weighted by Gasteiger charge is 2.11. The Balaban J connectivity index is 2.18. The van der Waals surface area contributed by atoms with Crippen LogP contribution in [0.15, 0.2) is 23.7 Å². The van der Waals surface area contributed by atoms with Crippen molar-refractivity contribution in [2.75, 3.05) is 0 Å². The zero-order valence-corrected chi connectivity index (χ0v) is 10.9. The Hall–Kier alpha value is -1.42. The summed E-state index contributed by atoms with van der Waals surface area (Å²) in [4.78, 5) is 16.2. The summed E-state index contributed by atoms with van der Waals surface area (Å²) in [5, 5.41) is 3.03. The number of nitrogens with one attached hydrogen (secondary N) is 1. The fraction of sp³-hybridized carbons (Fsp3) is 0.385. The van der Waals surface area contributed by atoms with Crippen LogP contribution >= 0.6 is 11.3 Å². The first kappa shape index (κ1) is 12.0. The Morgan fingerprint density at radius 2 is 2.18 bits per heavy atom. The fourth-order valence-corrected chi connectivity index (χ4v) is 2.47. The lowest BCUT2D eigenvalue weighted by Crippen LogP contribution is -2.33. The normalized spacial score (nSPS) is 11.0. The van der Waals surface area contributed by atoms with Gasteiger partial charge in [0.05, 0.1) is 15.7 Å². The molecule has 0 aliphatic rings. The third-order valence-corrected chi connectivity index (χ3v) is 3.71. The van der Waals surface area contributed by atoms with Gasteiger partial charge in [0.15, 0.2) is 0 Å². The number of hydrogen-bond donors (Lipinski definition) is 1. The van der Waals surface area contributed by atoms with Crippen molar-refractivity contribution in [3.05, 3.63) is 29.3 Å². The molecular weight excluding hydrogens is 232 g/mol. The molecule has 4 heteroatoms. The summed E-state index contributed by atoms with van der Waals surface area (Å²) in [7, 11) is 0. The lowest BCUT2D eigenvalue weighted by molar-refractivity contribution is 0.0935. The molecule has 1 amide bonds. The summed E-state index contributed by atoms with van der Waals surface area (Å²) in [5.41, 5.74) is 3.47. The molecule has 2 aromatic rings. The second-order valence-electron chi connectivity index (χ2n) is 4.02. The number of thiazole rings is 1. The highest BCUT2D eigenvalue weighted by molar-refractivity contribution is 7.16. The van der Waals surface area contributed by atoms with E-state index in [4.69, 9.17) is 0 Å². The summed E-state index contributed by atoms with van der Waals surface area (Å²) in [5.74, 6) is 0.00833. The predicted molar refractivity (Wildman–Crippen MR) is 71.5 cm³/mol. The van der Waals surface area contributed by atoms with Gasteiger partial charge in [0.25, 0.3) is 5.91 Å². The minimum absolute atomic E-state index is 0.00833. The van der Waals surface area contributed by atoms with Crippen molar-refractivity contribution in [2.45, 2.75) is 32.7 Å². The molecule has 0 aliphatic carbocycles. The molecule has 1 N–H and O–H groups in total. The third kappa shape index (κ3) is 2.64. The smallest absolute Gasteiger partial charge is 0.251 e. The van der Waals surface area contributed by atoms with Gasteiger partial charge in [-0.25, -0.2) is 4.98 Å². The quantitative estimate of drug-likeness (QED) is 0.902. The minimum Gasteiger partial charge on any atom is -0.349 e. The Labute approximate surface area is 105 Å². The fourth-order valence-electron chi connectivity index (χ4n) is 1.76. The first-order valence-corrected chi connectivity index (χ1v) is 6.76. The van der Waals surface area contributed by atoms with Gasteiger partial charge < -0.3 is 5.32 Å². The van der Waals surface area contributed by atoms with Crippen LogP contribution < -0.4 is 5.32 Å². The highest BCUT2D eigenvalue weighted by Crippen LogP contribution is 2.19. The topological polar surface area (TPSA) is 42.0 Å². The highest BCUT2D eigenvalue weighted by atomic mass is 32.1. The standard InChI is InChI=1S/C13H16N2OS/c1-3-10(4-2)15-13(16)9-5-6-11-12(7-9)17-8-14-11/h5-8,10H,3-4H2,1-2H3,(H,15,16). The summed E-state index contributed by atoms with van der Waals surface area (Å²) < 4.78 is 1.06. The average Bonchev–Trinajstić information content (AvgIpc) is 2.82. The molecule has 0 fully saturated rings. The first-order chi connectivity index (χ1) is 8.24. The van der Waals surface area contributed by atoms with Crippen LogP contribution in [0.3, 0.4) is 0 Å². The van der Waals surface area contributed by atoms with Crippen molar-refractivity contribution < 1.29 is 4.79 Å². The Morgan fingerprint density at radius 3 is 2.88 bits per heavy atom. The Bertz CT molecular complexity index is 517. The minimum atomic E-state index is 0.00833. The van der Waals surface area contributed by atoms with Gasteiger partial charge in [0.1, 0.15) is 0 Å². The monoisotopic (exact) mass is 248 g/mol. The zero-order valence-electron chi connectivity index (χ0n) is 10.1. The van der Waals surface area contributed by atoms with Crippen LogP contribution in [-0.2, 0) is 0 Å². The SMILES string of the molecule is CCC(CC)NC(=O)c1ccc2ncsc2c1. The number of carbonyl (C=O) groups is 1. The van der Waals surface area contributed by atoms with Crippen LogP contribution in [0.25, 0.3) is 10.2 Å². The average molecular weight is 248 g/mol. The van der Waals surface area contributed by atoms with E-state index in [1.165, 1.54) is 0 Å². The second-order valence-corrected chi connectivity index (χ2v) is 4.91. The zero-order chi connectivity index (χ0) is 12.3. The van der Waals surface area contributed by atoms with E-state index in [0.717, 1.165) is 23.1 Å². The van der Waals surface area contributed by atoms with Gasteiger partial charge in [-0.3, -0.25) is 4.79 Å². The molecule has 17 heavy (non-hydrogen) atoms. The van der Waals surface area contributed by atoms with Crippen LogP contribution in [0.4, 0.5) is 0 Å². The van der Waals surface area contributed by atoms with E-state index in [9.17, 15) is 4.79 Å². The van der Waals surface area contributed by atoms with Gasteiger partial charge in [0, 0.05) is 11.6 Å². The number of carbonyl (C=O) groups excluding carboxylic acids is 1. The van der Waals surface area contributed by atoms with Crippen molar-refractivity contribution in [1.82, 2.24) is 10.3 Å². The Morgan fingerprint density at radius 1 is 1.41 bits per heavy atom. The summed E-state index contributed by atoms with van der Waals surface area (Å²) in [6, 6.07) is 5.90. The number of fused-ring (bicyclic) bond motifs is 1. The van der Waals surface area contributed by atoms with E-state index in [1.807, 2.05) is 18.2 Å². The first-order valence-electron chi connectivity index (χ1n) is 5.88. The molecule has 1 aromatic carbocycles. The van der Waals surface area contributed by atoms with E-state index in [1.54, 1.807) is 16.8 Å². The van der Waals surface area contributed by atoms with Gasteiger partial charge in [0.2, 0.25) is 0 Å². The molecule has 2 rings (SSSR count). The van der Waals surface area contributed by atoms with E-state index in [0.29, 0.717) is 5.56 Å². The maximum Gasteiger partial charge on any atom is 0.251 e. The largest absolute Gasteiger partial charge is 0.349 e. The van der Waals surface area contributed by atoms with Gasteiger partial charge in [-0.2, -0.15) is 0 Å². The van der Waals surface area contributed by atoms with E-state index >= 15 is 0 Å². The maximum atomic E-state index is 12.0. The molecule has 0 atom stereocenters. The molecule has 0 spiro atoms. The van der Waals surface area contributed by atoms with Gasteiger partial charge in [-0.05, 0) is 31.0 Å². The Kier molecular flexibility index (Phi) is 3.74. The number of nitrogens with zero attached hydrogens (tertiary/aromatic N) is 1. The van der Waals surface area contributed by atoms with Crippen molar-refractivity contribution in [2.24, 2.45) is 0 Å². The lowest BCUT2D eigenvalue weighted by Gasteiger charge is -2.14. The number of aromatic nitrogens is 1. The van der Waals surface area contributed by atoms with Gasteiger partial charge >= 0.3 is 0 Å². The molecule has 0 radical (unpaired) electrons. The van der Waals surface area contributed by atoms with Crippen molar-refractivity contribution in [3.8, 4) is 0 Å². The number of amides is 1. The van der Waals surface area contributed by atoms with Crippen LogP contribution in [-0.4, -0.2) is 16.9 Å². The molecule has 0 saturated heterocycles. The molecule has 0 aliphatic heterocycles. The van der Waals surface area contributed by atoms with Crippen LogP contribution in [0.1, 0.15) is 37.0 Å². The van der Waals surface area contributed by atoms with E-state index < -0.39 is 0 Å². The summed E-state index contributed by atoms with van der Waals surface area (Å²) in [6.45, 7) is 4.17. The van der Waals surface area contributed by atoms with Crippen molar-refractivity contribution in [1.29, 1.82) is 0 Å². The van der Waals surface area contributed by atoms with E-state index in [2.05, 4.69) is 24.1 Å². The number of benzene rings is 1. The van der Waals surface area contributed by atoms with Crippen LogP contribution in [0.2, 0.25) is 0 Å². The van der Waals surface area contributed by atoms with E-state index in [-0.39, 0.29) is 11.9 Å². The van der Waals surface area contributed by atoms with Crippen LogP contribution in [0.5, 0.6) is 0 Å². The molecule has 1 heterocycles. The molecular formula is C13H16N2OS.